The first-order valence-electron chi connectivity index (χ1n) is 11.3. The number of benzene rings is 2. The summed E-state index contributed by atoms with van der Waals surface area (Å²) >= 11 is 0. The Bertz CT molecular complexity index is 1390. The standard InChI is InChI=1S/C25H30N6O/c1-14-18(7-6-8-19(14)17-9-10-26-13-17)15(2)27-24-21-12-23-22(30(4)25(32)31(23)5)11-20(21)16(3)28-29-24/h6-8,11-12,15,17,26H,9-10,13H2,1-5H3,(H,27,29)/t15-,17?/m1/s1. The maximum absolute atomic E-state index is 12.5. The molecule has 0 aliphatic carbocycles. The fourth-order valence-corrected chi connectivity index (χ4v) is 5.17. The Balaban J connectivity index is 1.58. The van der Waals surface area contributed by atoms with E-state index in [4.69, 9.17) is 0 Å². The third kappa shape index (κ3) is 3.19. The summed E-state index contributed by atoms with van der Waals surface area (Å²) < 4.78 is 3.36. The third-order valence-electron chi connectivity index (χ3n) is 7.09. The minimum absolute atomic E-state index is 0.0365. The van der Waals surface area contributed by atoms with Gasteiger partial charge >= 0.3 is 5.69 Å². The van der Waals surface area contributed by atoms with Gasteiger partial charge in [0.25, 0.3) is 0 Å². The summed E-state index contributed by atoms with van der Waals surface area (Å²) in [6, 6.07) is 10.8. The van der Waals surface area contributed by atoms with Crippen molar-refractivity contribution in [2.75, 3.05) is 18.4 Å². The lowest BCUT2D eigenvalue weighted by molar-refractivity contribution is 0.749. The van der Waals surface area contributed by atoms with Gasteiger partial charge in [0.15, 0.2) is 5.82 Å². The number of aromatic nitrogens is 4. The zero-order valence-electron chi connectivity index (χ0n) is 19.4. The highest BCUT2D eigenvalue weighted by atomic mass is 16.1. The number of nitrogens with one attached hydrogen (secondary N) is 2. The number of hydrogen-bond acceptors (Lipinski definition) is 5. The zero-order chi connectivity index (χ0) is 22.6. The van der Waals surface area contributed by atoms with Crippen LogP contribution in [-0.2, 0) is 14.1 Å². The second-order valence-electron chi connectivity index (χ2n) is 9.04. The maximum atomic E-state index is 12.5. The van der Waals surface area contributed by atoms with Gasteiger partial charge in [-0.3, -0.25) is 9.13 Å². The molecule has 7 nitrogen and oxygen atoms in total. The lowest BCUT2D eigenvalue weighted by Gasteiger charge is -2.22. The molecule has 1 saturated heterocycles. The van der Waals surface area contributed by atoms with Crippen LogP contribution >= 0.6 is 0 Å². The van der Waals surface area contributed by atoms with Crippen molar-refractivity contribution in [1.29, 1.82) is 0 Å². The predicted molar refractivity (Wildman–Crippen MR) is 129 cm³/mol. The number of fused-ring (bicyclic) bond motifs is 2. The van der Waals surface area contributed by atoms with Crippen LogP contribution in [0.5, 0.6) is 0 Å². The van der Waals surface area contributed by atoms with Crippen LogP contribution in [0.1, 0.15) is 47.7 Å². The SMILES string of the molecule is Cc1c(C2CCNC2)cccc1[C@@H](C)Nc1nnc(C)c2cc3c(cc12)n(C)c(=O)n3C. The minimum atomic E-state index is -0.0365. The van der Waals surface area contributed by atoms with Crippen LogP contribution in [0, 0.1) is 13.8 Å². The van der Waals surface area contributed by atoms with Gasteiger partial charge in [0.2, 0.25) is 0 Å². The number of imidazole rings is 1. The summed E-state index contributed by atoms with van der Waals surface area (Å²) in [5, 5.41) is 18.0. The van der Waals surface area contributed by atoms with Crippen molar-refractivity contribution in [2.24, 2.45) is 14.1 Å². The number of hydrogen-bond donors (Lipinski definition) is 2. The van der Waals surface area contributed by atoms with E-state index in [1.54, 1.807) is 23.2 Å². The van der Waals surface area contributed by atoms with Gasteiger partial charge in [0, 0.05) is 31.4 Å². The second-order valence-corrected chi connectivity index (χ2v) is 9.04. The Kier molecular flexibility index (Phi) is 5.01. The van der Waals surface area contributed by atoms with Gasteiger partial charge in [-0.15, -0.1) is 5.10 Å². The average molecular weight is 431 g/mol. The molecule has 5 rings (SSSR count). The van der Waals surface area contributed by atoms with Crippen molar-refractivity contribution >= 4 is 27.6 Å². The number of rotatable bonds is 4. The van der Waals surface area contributed by atoms with Gasteiger partial charge in [0.05, 0.1) is 22.8 Å². The van der Waals surface area contributed by atoms with E-state index >= 15 is 0 Å². The molecule has 2 atom stereocenters. The Morgan fingerprint density at radius 3 is 2.50 bits per heavy atom. The van der Waals surface area contributed by atoms with E-state index in [9.17, 15) is 4.79 Å². The van der Waals surface area contributed by atoms with Crippen LogP contribution in [0.15, 0.2) is 35.1 Å². The molecule has 1 aliphatic heterocycles. The topological polar surface area (TPSA) is 76.8 Å². The third-order valence-corrected chi connectivity index (χ3v) is 7.09. The lowest BCUT2D eigenvalue weighted by Crippen LogP contribution is -2.19. The molecule has 1 unspecified atom stereocenters. The van der Waals surface area contributed by atoms with Crippen LogP contribution in [0.2, 0.25) is 0 Å². The summed E-state index contributed by atoms with van der Waals surface area (Å²) in [6.45, 7) is 8.49. The van der Waals surface area contributed by atoms with Gasteiger partial charge in [-0.1, -0.05) is 18.2 Å². The van der Waals surface area contributed by atoms with Crippen LogP contribution in [0.4, 0.5) is 5.82 Å². The molecule has 0 amide bonds. The van der Waals surface area contributed by atoms with Gasteiger partial charge in [-0.25, -0.2) is 4.79 Å². The van der Waals surface area contributed by atoms with Crippen molar-refractivity contribution in [3.63, 3.8) is 0 Å². The second kappa shape index (κ2) is 7.74. The van der Waals surface area contributed by atoms with E-state index in [0.717, 1.165) is 46.4 Å². The van der Waals surface area contributed by atoms with E-state index in [2.05, 4.69) is 58.9 Å². The van der Waals surface area contributed by atoms with E-state index in [1.165, 1.54) is 23.1 Å². The Hall–Kier alpha value is -3.19. The monoisotopic (exact) mass is 430 g/mol. The first-order chi connectivity index (χ1) is 15.4. The highest BCUT2D eigenvalue weighted by Gasteiger charge is 2.21. The summed E-state index contributed by atoms with van der Waals surface area (Å²) in [7, 11) is 3.61. The van der Waals surface area contributed by atoms with Crippen molar-refractivity contribution in [2.45, 2.75) is 39.2 Å². The zero-order valence-corrected chi connectivity index (χ0v) is 19.4. The molecular weight excluding hydrogens is 400 g/mol. The highest BCUT2D eigenvalue weighted by Crippen LogP contribution is 2.33. The number of nitrogens with zero attached hydrogens (tertiary/aromatic N) is 4. The van der Waals surface area contributed by atoms with Crippen LogP contribution in [-0.4, -0.2) is 32.4 Å². The van der Waals surface area contributed by atoms with Gasteiger partial charge < -0.3 is 10.6 Å². The van der Waals surface area contributed by atoms with Crippen molar-refractivity contribution in [3.8, 4) is 0 Å². The molecule has 0 radical (unpaired) electrons. The maximum Gasteiger partial charge on any atom is 0.328 e. The van der Waals surface area contributed by atoms with E-state index in [-0.39, 0.29) is 11.7 Å². The number of anilines is 1. The quantitative estimate of drug-likeness (QED) is 0.516. The highest BCUT2D eigenvalue weighted by molar-refractivity contribution is 6.01. The molecule has 2 aromatic heterocycles. The molecule has 7 heteroatoms. The van der Waals surface area contributed by atoms with Gasteiger partial charge in [-0.2, -0.15) is 5.10 Å². The van der Waals surface area contributed by atoms with Crippen molar-refractivity contribution in [1.82, 2.24) is 24.6 Å². The molecule has 0 saturated carbocycles. The van der Waals surface area contributed by atoms with E-state index < -0.39 is 0 Å². The molecule has 3 heterocycles. The first kappa shape index (κ1) is 20.7. The molecule has 1 fully saturated rings. The molecule has 0 spiro atoms. The van der Waals surface area contributed by atoms with E-state index in [1.807, 2.05) is 13.0 Å². The van der Waals surface area contributed by atoms with Crippen LogP contribution in [0.3, 0.4) is 0 Å². The molecule has 0 bridgehead atoms. The Morgan fingerprint density at radius 2 is 1.81 bits per heavy atom. The lowest BCUT2D eigenvalue weighted by atomic mass is 9.89. The average Bonchev–Trinajstić information content (AvgIpc) is 3.39. The number of aryl methyl sites for hydroxylation is 3. The van der Waals surface area contributed by atoms with Crippen LogP contribution in [0.25, 0.3) is 21.8 Å². The summed E-state index contributed by atoms with van der Waals surface area (Å²) in [5.41, 5.74) is 6.65. The molecular formula is C25H30N6O. The fraction of sp³-hybridized carbons (Fsp3) is 0.400. The molecule has 166 valence electrons. The first-order valence-corrected chi connectivity index (χ1v) is 11.3. The Labute approximate surface area is 187 Å². The predicted octanol–water partition coefficient (Wildman–Crippen LogP) is 3.69. The van der Waals surface area contributed by atoms with Crippen molar-refractivity contribution < 1.29 is 0 Å². The largest absolute Gasteiger partial charge is 0.362 e. The van der Waals surface area contributed by atoms with Gasteiger partial charge in [-0.05, 0) is 68.5 Å². The van der Waals surface area contributed by atoms with Gasteiger partial charge in [0.1, 0.15) is 0 Å². The summed E-state index contributed by atoms with van der Waals surface area (Å²) in [4.78, 5) is 12.5. The molecule has 4 aromatic rings. The van der Waals surface area contributed by atoms with Crippen molar-refractivity contribution in [3.05, 3.63) is 63.2 Å². The van der Waals surface area contributed by atoms with E-state index in [0.29, 0.717) is 5.92 Å². The normalized spacial score (nSPS) is 17.3. The molecule has 1 aliphatic rings. The Morgan fingerprint density at radius 1 is 1.09 bits per heavy atom. The molecule has 32 heavy (non-hydrogen) atoms. The summed E-state index contributed by atoms with van der Waals surface area (Å²) in [5.74, 6) is 1.32. The molecule has 2 aromatic carbocycles. The summed E-state index contributed by atoms with van der Waals surface area (Å²) in [6.07, 6.45) is 1.19. The van der Waals surface area contributed by atoms with Crippen LogP contribution < -0.4 is 16.3 Å². The fourth-order valence-electron chi connectivity index (χ4n) is 5.17. The minimum Gasteiger partial charge on any atom is -0.362 e. The molecule has 2 N–H and O–H groups in total. The smallest absolute Gasteiger partial charge is 0.328 e.